The van der Waals surface area contributed by atoms with Crippen LogP contribution in [-0.4, -0.2) is 37.4 Å². The molecular weight excluding hydrogens is 422 g/mol. The third kappa shape index (κ3) is 5.06. The number of fused-ring (bicyclic) bond motifs is 3. The van der Waals surface area contributed by atoms with Crippen molar-refractivity contribution in [2.24, 2.45) is 0 Å². The maximum atomic E-state index is 13.1. The van der Waals surface area contributed by atoms with E-state index in [1.807, 2.05) is 28.7 Å². The van der Waals surface area contributed by atoms with E-state index >= 15 is 0 Å². The standard InChI is InChI=1S/C24H31N5O2S/c1-2-3-9-16-28-22(31)19-12-7-8-13-20(19)29-23(28)26-27-24(29)32-17-21(30)25-15-14-18-10-5-4-6-11-18/h7-8,10,12-13H,2-6,9,11,14-17H2,1H3,(H,25,30). The Morgan fingerprint density at radius 3 is 2.88 bits per heavy atom. The van der Waals surface area contributed by atoms with Crippen molar-refractivity contribution in [3.8, 4) is 0 Å². The number of thioether (sulfide) groups is 1. The summed E-state index contributed by atoms with van der Waals surface area (Å²) in [6.07, 6.45) is 11.2. The number of nitrogens with zero attached hydrogens (tertiary/aromatic N) is 4. The van der Waals surface area contributed by atoms with Gasteiger partial charge in [-0.15, -0.1) is 10.2 Å². The van der Waals surface area contributed by atoms with Crippen molar-refractivity contribution in [1.82, 2.24) is 24.5 Å². The van der Waals surface area contributed by atoms with Crippen molar-refractivity contribution in [3.05, 3.63) is 46.3 Å². The fraction of sp³-hybridized carbons (Fsp3) is 0.500. The van der Waals surface area contributed by atoms with Gasteiger partial charge in [0.05, 0.1) is 16.7 Å². The zero-order valence-corrected chi connectivity index (χ0v) is 19.5. The molecule has 0 unspecified atom stereocenters. The van der Waals surface area contributed by atoms with Crippen molar-refractivity contribution >= 4 is 34.3 Å². The predicted octanol–water partition coefficient (Wildman–Crippen LogP) is 4.33. The molecule has 0 radical (unpaired) electrons. The van der Waals surface area contributed by atoms with E-state index in [4.69, 9.17) is 0 Å². The van der Waals surface area contributed by atoms with Gasteiger partial charge in [0.1, 0.15) is 0 Å². The Labute approximate surface area is 192 Å². The Balaban J connectivity index is 1.50. The minimum atomic E-state index is -0.0390. The first-order chi connectivity index (χ1) is 15.7. The molecule has 7 nitrogen and oxygen atoms in total. The minimum absolute atomic E-state index is 0.0104. The van der Waals surface area contributed by atoms with E-state index in [1.165, 1.54) is 30.2 Å². The number of benzene rings is 1. The smallest absolute Gasteiger partial charge is 0.262 e. The molecule has 1 aliphatic rings. The van der Waals surface area contributed by atoms with Crippen molar-refractivity contribution in [2.75, 3.05) is 12.3 Å². The molecule has 1 amide bonds. The van der Waals surface area contributed by atoms with E-state index in [1.54, 1.807) is 4.57 Å². The number of carbonyl (C=O) groups is 1. The molecule has 0 saturated carbocycles. The Kier molecular flexibility index (Phi) is 7.63. The van der Waals surface area contributed by atoms with Gasteiger partial charge >= 0.3 is 0 Å². The van der Waals surface area contributed by atoms with E-state index in [-0.39, 0.29) is 17.2 Å². The van der Waals surface area contributed by atoms with Crippen molar-refractivity contribution in [1.29, 1.82) is 0 Å². The number of unbranched alkanes of at least 4 members (excludes halogenated alkanes) is 2. The van der Waals surface area contributed by atoms with Gasteiger partial charge in [-0.1, -0.05) is 55.3 Å². The van der Waals surface area contributed by atoms with E-state index < -0.39 is 0 Å². The lowest BCUT2D eigenvalue weighted by Crippen LogP contribution is -2.26. The van der Waals surface area contributed by atoms with Gasteiger partial charge in [-0.2, -0.15) is 0 Å². The van der Waals surface area contributed by atoms with Gasteiger partial charge < -0.3 is 5.32 Å². The van der Waals surface area contributed by atoms with Crippen LogP contribution in [-0.2, 0) is 11.3 Å². The third-order valence-electron chi connectivity index (χ3n) is 5.95. The lowest BCUT2D eigenvalue weighted by molar-refractivity contribution is -0.118. The Hall–Kier alpha value is -2.61. The van der Waals surface area contributed by atoms with Gasteiger partial charge in [0.15, 0.2) is 5.16 Å². The van der Waals surface area contributed by atoms with Crippen LogP contribution in [0.5, 0.6) is 0 Å². The number of amides is 1. The normalized spacial score (nSPS) is 14.1. The summed E-state index contributed by atoms with van der Waals surface area (Å²) in [6, 6.07) is 7.53. The maximum absolute atomic E-state index is 13.1. The highest BCUT2D eigenvalue weighted by molar-refractivity contribution is 7.99. The topological polar surface area (TPSA) is 81.3 Å². The second kappa shape index (κ2) is 10.8. The predicted molar refractivity (Wildman–Crippen MR) is 129 cm³/mol. The number of para-hydroxylation sites is 1. The number of aryl methyl sites for hydroxylation is 1. The molecular formula is C24H31N5O2S. The highest BCUT2D eigenvalue weighted by Gasteiger charge is 2.17. The first kappa shape index (κ1) is 22.6. The van der Waals surface area contributed by atoms with Gasteiger partial charge in [-0.25, -0.2) is 0 Å². The van der Waals surface area contributed by atoms with Gasteiger partial charge in [-0.05, 0) is 50.7 Å². The van der Waals surface area contributed by atoms with Crippen LogP contribution >= 0.6 is 11.8 Å². The number of hydrogen-bond donors (Lipinski definition) is 1. The van der Waals surface area contributed by atoms with Crippen molar-refractivity contribution in [3.63, 3.8) is 0 Å². The van der Waals surface area contributed by atoms with Crippen molar-refractivity contribution in [2.45, 2.75) is 70.0 Å². The zero-order chi connectivity index (χ0) is 22.3. The van der Waals surface area contributed by atoms with Gasteiger partial charge in [0, 0.05) is 13.1 Å². The molecule has 4 rings (SSSR count). The van der Waals surface area contributed by atoms with Gasteiger partial charge in [0.2, 0.25) is 11.7 Å². The average Bonchev–Trinajstić information content (AvgIpc) is 3.24. The molecule has 170 valence electrons. The fourth-order valence-corrected chi connectivity index (χ4v) is 4.99. The summed E-state index contributed by atoms with van der Waals surface area (Å²) in [7, 11) is 0. The quantitative estimate of drug-likeness (QED) is 0.281. The van der Waals surface area contributed by atoms with Crippen LogP contribution in [0.2, 0.25) is 0 Å². The van der Waals surface area contributed by atoms with Crippen LogP contribution < -0.4 is 10.9 Å². The molecule has 2 heterocycles. The fourth-order valence-electron chi connectivity index (χ4n) is 4.22. The summed E-state index contributed by atoms with van der Waals surface area (Å²) < 4.78 is 3.63. The van der Waals surface area contributed by atoms with Crippen molar-refractivity contribution < 1.29 is 4.79 Å². The molecule has 1 N–H and O–H groups in total. The molecule has 0 saturated heterocycles. The van der Waals surface area contributed by atoms with Crippen LogP contribution in [0.3, 0.4) is 0 Å². The van der Waals surface area contributed by atoms with E-state index in [2.05, 4.69) is 28.5 Å². The first-order valence-corrected chi connectivity index (χ1v) is 12.6. The van der Waals surface area contributed by atoms with Gasteiger partial charge in [-0.3, -0.25) is 18.6 Å². The summed E-state index contributed by atoms with van der Waals surface area (Å²) >= 11 is 1.36. The van der Waals surface area contributed by atoms with Crippen LogP contribution in [0, 0.1) is 0 Å². The minimum Gasteiger partial charge on any atom is -0.355 e. The first-order valence-electron chi connectivity index (χ1n) is 11.6. The summed E-state index contributed by atoms with van der Waals surface area (Å²) in [5, 5.41) is 12.9. The molecule has 0 spiro atoms. The molecule has 0 aliphatic heterocycles. The Morgan fingerprint density at radius 2 is 2.06 bits per heavy atom. The molecule has 1 aliphatic carbocycles. The summed E-state index contributed by atoms with van der Waals surface area (Å²) in [4.78, 5) is 25.5. The monoisotopic (exact) mass is 453 g/mol. The molecule has 1 aromatic carbocycles. The second-order valence-corrected chi connectivity index (χ2v) is 9.24. The summed E-state index contributed by atoms with van der Waals surface area (Å²) in [5.41, 5.74) is 2.19. The second-order valence-electron chi connectivity index (χ2n) is 8.30. The van der Waals surface area contributed by atoms with Crippen LogP contribution in [0.15, 0.2) is 45.9 Å². The zero-order valence-electron chi connectivity index (χ0n) is 18.7. The lowest BCUT2D eigenvalue weighted by atomic mass is 9.97. The van der Waals surface area contributed by atoms with Crippen LogP contribution in [0.4, 0.5) is 0 Å². The number of allylic oxidation sites excluding steroid dienone is 1. The van der Waals surface area contributed by atoms with E-state index in [0.717, 1.165) is 44.0 Å². The number of rotatable bonds is 10. The van der Waals surface area contributed by atoms with E-state index in [9.17, 15) is 9.59 Å². The Morgan fingerprint density at radius 1 is 1.19 bits per heavy atom. The highest BCUT2D eigenvalue weighted by Crippen LogP contribution is 2.22. The molecule has 0 fully saturated rings. The molecule has 3 aromatic rings. The largest absolute Gasteiger partial charge is 0.355 e. The van der Waals surface area contributed by atoms with Crippen LogP contribution in [0.1, 0.15) is 58.3 Å². The number of nitrogens with one attached hydrogen (secondary N) is 1. The highest BCUT2D eigenvalue weighted by atomic mass is 32.2. The Bertz CT molecular complexity index is 1180. The number of aromatic nitrogens is 4. The molecule has 0 atom stereocenters. The third-order valence-corrected chi connectivity index (χ3v) is 6.88. The molecule has 0 bridgehead atoms. The summed E-state index contributed by atoms with van der Waals surface area (Å²) in [5.74, 6) is 0.795. The number of hydrogen-bond acceptors (Lipinski definition) is 5. The van der Waals surface area contributed by atoms with E-state index in [0.29, 0.717) is 29.4 Å². The molecule has 2 aromatic heterocycles. The molecule has 32 heavy (non-hydrogen) atoms. The molecule has 8 heteroatoms. The lowest BCUT2D eigenvalue weighted by Gasteiger charge is -2.13. The maximum Gasteiger partial charge on any atom is 0.262 e. The number of carbonyl (C=O) groups excluding carboxylic acids is 1. The van der Waals surface area contributed by atoms with Crippen LogP contribution in [0.25, 0.3) is 16.7 Å². The average molecular weight is 454 g/mol. The SMILES string of the molecule is CCCCCn1c(=O)c2ccccc2n2c(SCC(=O)NCCC3=CCCCC3)nnc12. The summed E-state index contributed by atoms with van der Waals surface area (Å²) in [6.45, 7) is 3.42. The van der Waals surface area contributed by atoms with Gasteiger partial charge in [0.25, 0.3) is 5.56 Å².